The normalized spacial score (nSPS) is 8.61. The molecule has 0 saturated heterocycles. The minimum atomic E-state index is -0.833. The largest absolute Gasteiger partial charge is 0.481 e. The number of ether oxygens (including phenoxy) is 2. The van der Waals surface area contributed by atoms with Gasteiger partial charge in [-0.1, -0.05) is 12.1 Å². The Morgan fingerprint density at radius 1 is 0.944 bits per heavy atom. The molecule has 6 nitrogen and oxygen atoms in total. The Hall–Kier alpha value is -2.37. The van der Waals surface area contributed by atoms with Crippen LogP contribution in [-0.4, -0.2) is 37.2 Å². The van der Waals surface area contributed by atoms with Crippen LogP contribution in [0.1, 0.15) is 27.6 Å². The van der Waals surface area contributed by atoms with E-state index >= 15 is 0 Å². The van der Waals surface area contributed by atoms with Crippen LogP contribution in [0.3, 0.4) is 0 Å². The molecule has 0 unspecified atom stereocenters. The lowest BCUT2D eigenvalue weighted by atomic mass is 10.1. The summed E-state index contributed by atoms with van der Waals surface area (Å²) in [6.45, 7) is 1.08. The molecule has 0 saturated carbocycles. The number of carboxylic acids is 1. The molecule has 0 bridgehead atoms. The molecular formula is C12H14O6. The molecule has 0 spiro atoms. The first-order chi connectivity index (χ1) is 8.43. The van der Waals surface area contributed by atoms with Crippen LogP contribution < -0.4 is 0 Å². The third-order valence-electron chi connectivity index (χ3n) is 1.74. The molecule has 1 N–H and O–H groups in total. The molecule has 0 atom stereocenters. The van der Waals surface area contributed by atoms with E-state index in [2.05, 4.69) is 9.47 Å². The lowest BCUT2D eigenvalue weighted by molar-refractivity contribution is -0.134. The smallest absolute Gasteiger partial charge is 0.338 e. The first-order valence-corrected chi connectivity index (χ1v) is 4.89. The Morgan fingerprint density at radius 2 is 1.22 bits per heavy atom. The molecule has 18 heavy (non-hydrogen) atoms. The van der Waals surface area contributed by atoms with E-state index in [9.17, 15) is 9.59 Å². The molecular weight excluding hydrogens is 240 g/mol. The van der Waals surface area contributed by atoms with Gasteiger partial charge >= 0.3 is 11.9 Å². The molecule has 1 aromatic carbocycles. The van der Waals surface area contributed by atoms with Gasteiger partial charge in [0.2, 0.25) is 0 Å². The number of carboxylic acid groups (broad SMARTS) is 1. The van der Waals surface area contributed by atoms with Crippen molar-refractivity contribution < 1.29 is 29.0 Å². The van der Waals surface area contributed by atoms with Crippen molar-refractivity contribution in [1.82, 2.24) is 0 Å². The quantitative estimate of drug-likeness (QED) is 0.801. The lowest BCUT2D eigenvalue weighted by Crippen LogP contribution is -2.11. The Kier molecular flexibility index (Phi) is 6.80. The molecule has 0 heterocycles. The predicted molar refractivity (Wildman–Crippen MR) is 62.4 cm³/mol. The minimum absolute atomic E-state index is 0.210. The van der Waals surface area contributed by atoms with Gasteiger partial charge in [-0.2, -0.15) is 0 Å². The fraction of sp³-hybridized carbons (Fsp3) is 0.250. The van der Waals surface area contributed by atoms with Gasteiger partial charge in [0.1, 0.15) is 0 Å². The van der Waals surface area contributed by atoms with Gasteiger partial charge in [0.15, 0.2) is 0 Å². The van der Waals surface area contributed by atoms with Crippen molar-refractivity contribution in [2.75, 3.05) is 14.2 Å². The van der Waals surface area contributed by atoms with E-state index < -0.39 is 17.9 Å². The monoisotopic (exact) mass is 254 g/mol. The van der Waals surface area contributed by atoms with Crippen LogP contribution in [0, 0.1) is 0 Å². The third kappa shape index (κ3) is 5.11. The third-order valence-corrected chi connectivity index (χ3v) is 1.74. The average Bonchev–Trinajstić information content (AvgIpc) is 2.36. The number of esters is 2. The molecule has 0 radical (unpaired) electrons. The fourth-order valence-corrected chi connectivity index (χ4v) is 1.06. The standard InChI is InChI=1S/C10H10O4.C2H4O2/c1-13-9(11)7-5-3-4-6-8(7)10(12)14-2;1-2(3)4/h3-6H,1-2H3;1H3,(H,3,4). The van der Waals surface area contributed by atoms with E-state index in [1.807, 2.05) is 0 Å². The maximum atomic E-state index is 11.2. The summed E-state index contributed by atoms with van der Waals surface area (Å²) in [7, 11) is 2.52. The summed E-state index contributed by atoms with van der Waals surface area (Å²) in [6, 6.07) is 6.33. The van der Waals surface area contributed by atoms with Gasteiger partial charge in [-0.05, 0) is 12.1 Å². The van der Waals surface area contributed by atoms with Crippen molar-refractivity contribution in [2.24, 2.45) is 0 Å². The Bertz CT molecular complexity index is 399. The number of hydrogen-bond donors (Lipinski definition) is 1. The van der Waals surface area contributed by atoms with Gasteiger partial charge in [-0.15, -0.1) is 0 Å². The Morgan fingerprint density at radius 3 is 1.44 bits per heavy atom. The second kappa shape index (κ2) is 7.83. The van der Waals surface area contributed by atoms with Crippen LogP contribution in [0.25, 0.3) is 0 Å². The highest BCUT2D eigenvalue weighted by atomic mass is 16.5. The fourth-order valence-electron chi connectivity index (χ4n) is 1.06. The topological polar surface area (TPSA) is 89.9 Å². The first-order valence-electron chi connectivity index (χ1n) is 4.89. The maximum absolute atomic E-state index is 11.2. The van der Waals surface area contributed by atoms with Crippen LogP contribution in [0.5, 0.6) is 0 Å². The van der Waals surface area contributed by atoms with Crippen molar-refractivity contribution in [3.63, 3.8) is 0 Å². The molecule has 0 fully saturated rings. The van der Waals surface area contributed by atoms with Crippen molar-refractivity contribution in [3.8, 4) is 0 Å². The molecule has 0 aliphatic carbocycles. The molecule has 98 valence electrons. The zero-order valence-electron chi connectivity index (χ0n) is 10.3. The van der Waals surface area contributed by atoms with Crippen LogP contribution in [0.2, 0.25) is 0 Å². The molecule has 0 amide bonds. The van der Waals surface area contributed by atoms with Gasteiger partial charge in [0.05, 0.1) is 25.3 Å². The van der Waals surface area contributed by atoms with Crippen molar-refractivity contribution in [1.29, 1.82) is 0 Å². The minimum Gasteiger partial charge on any atom is -0.481 e. The Labute approximate surface area is 104 Å². The van der Waals surface area contributed by atoms with Gasteiger partial charge in [-0.3, -0.25) is 4.79 Å². The molecule has 1 rings (SSSR count). The second-order valence-electron chi connectivity index (χ2n) is 3.05. The van der Waals surface area contributed by atoms with E-state index in [4.69, 9.17) is 9.90 Å². The number of hydrogen-bond acceptors (Lipinski definition) is 5. The van der Waals surface area contributed by atoms with Gasteiger partial charge < -0.3 is 14.6 Å². The van der Waals surface area contributed by atoms with Crippen LogP contribution in [0.4, 0.5) is 0 Å². The lowest BCUT2D eigenvalue weighted by Gasteiger charge is -2.04. The zero-order valence-corrected chi connectivity index (χ0v) is 10.3. The molecule has 6 heteroatoms. The number of aliphatic carboxylic acids is 1. The Balaban J connectivity index is 0.000000631. The summed E-state index contributed by atoms with van der Waals surface area (Å²) < 4.78 is 9.05. The van der Waals surface area contributed by atoms with Crippen LogP contribution in [-0.2, 0) is 14.3 Å². The number of rotatable bonds is 2. The molecule has 0 aliphatic heterocycles. The summed E-state index contributed by atoms with van der Waals surface area (Å²) in [4.78, 5) is 31.4. The highest BCUT2D eigenvalue weighted by molar-refractivity contribution is 6.02. The first kappa shape index (κ1) is 15.6. The molecule has 0 aliphatic rings. The summed E-state index contributed by atoms with van der Waals surface area (Å²) in [5.41, 5.74) is 0.420. The van der Waals surface area contributed by atoms with E-state index in [0.717, 1.165) is 6.92 Å². The van der Waals surface area contributed by atoms with Gasteiger partial charge in [0.25, 0.3) is 5.97 Å². The van der Waals surface area contributed by atoms with E-state index in [1.54, 1.807) is 12.1 Å². The van der Waals surface area contributed by atoms with Gasteiger partial charge in [-0.25, -0.2) is 9.59 Å². The SMILES string of the molecule is CC(=O)O.COC(=O)c1ccccc1C(=O)OC. The van der Waals surface area contributed by atoms with Crippen molar-refractivity contribution in [2.45, 2.75) is 6.92 Å². The predicted octanol–water partition coefficient (Wildman–Crippen LogP) is 1.35. The van der Waals surface area contributed by atoms with E-state index in [0.29, 0.717) is 0 Å². The number of carbonyl (C=O) groups excluding carboxylic acids is 2. The van der Waals surface area contributed by atoms with Crippen LogP contribution >= 0.6 is 0 Å². The van der Waals surface area contributed by atoms with Gasteiger partial charge in [0, 0.05) is 6.92 Å². The van der Waals surface area contributed by atoms with E-state index in [1.165, 1.54) is 26.4 Å². The molecule has 1 aromatic rings. The summed E-state index contributed by atoms with van der Waals surface area (Å²) in [5, 5.41) is 7.42. The molecule has 0 aromatic heterocycles. The second-order valence-corrected chi connectivity index (χ2v) is 3.05. The maximum Gasteiger partial charge on any atom is 0.338 e. The van der Waals surface area contributed by atoms with Crippen LogP contribution in [0.15, 0.2) is 24.3 Å². The number of benzene rings is 1. The average molecular weight is 254 g/mol. The highest BCUT2D eigenvalue weighted by Crippen LogP contribution is 2.10. The summed E-state index contributed by atoms with van der Waals surface area (Å²) >= 11 is 0. The van der Waals surface area contributed by atoms with Crippen molar-refractivity contribution >= 4 is 17.9 Å². The zero-order chi connectivity index (χ0) is 14.1. The van der Waals surface area contributed by atoms with Crippen molar-refractivity contribution in [3.05, 3.63) is 35.4 Å². The summed E-state index contributed by atoms with van der Waals surface area (Å²) in [6.07, 6.45) is 0. The number of methoxy groups -OCH3 is 2. The number of carbonyl (C=O) groups is 3. The van der Waals surface area contributed by atoms with E-state index in [-0.39, 0.29) is 11.1 Å². The highest BCUT2D eigenvalue weighted by Gasteiger charge is 2.16. The summed E-state index contributed by atoms with van der Waals surface area (Å²) in [5.74, 6) is -1.93.